The molecule has 7 heteroatoms. The van der Waals surface area contributed by atoms with E-state index in [1.807, 2.05) is 24.3 Å². The fourth-order valence-electron chi connectivity index (χ4n) is 4.53. The molecular formula is C28H28FIN2O3. The SMILES string of the molecule is COc1cc(F)ccc1-c1ccc2c(c1COc1ccccc1NC(C)=O)C(C)=CC(C)(C)N2I. The number of nitrogens with zero attached hydrogens (tertiary/aromatic N) is 1. The van der Waals surface area contributed by atoms with Crippen LogP contribution in [0.5, 0.6) is 11.5 Å². The quantitative estimate of drug-likeness (QED) is 0.242. The molecule has 0 atom stereocenters. The second kappa shape index (κ2) is 9.89. The minimum Gasteiger partial charge on any atom is -0.496 e. The number of ether oxygens (including phenoxy) is 2. The van der Waals surface area contributed by atoms with Gasteiger partial charge in [0.15, 0.2) is 0 Å². The molecule has 5 nitrogen and oxygen atoms in total. The van der Waals surface area contributed by atoms with E-state index in [2.05, 4.69) is 64.2 Å². The van der Waals surface area contributed by atoms with Crippen molar-refractivity contribution in [3.63, 3.8) is 0 Å². The topological polar surface area (TPSA) is 50.8 Å². The van der Waals surface area contributed by atoms with E-state index < -0.39 is 0 Å². The number of methoxy groups -OCH3 is 1. The molecule has 4 rings (SSSR count). The molecule has 0 radical (unpaired) electrons. The van der Waals surface area contributed by atoms with Gasteiger partial charge in [0.05, 0.1) is 46.9 Å². The van der Waals surface area contributed by atoms with Crippen molar-refractivity contribution >= 4 is 45.7 Å². The lowest BCUT2D eigenvalue weighted by Crippen LogP contribution is -2.38. The summed E-state index contributed by atoms with van der Waals surface area (Å²) in [7, 11) is 1.54. The van der Waals surface area contributed by atoms with Crippen molar-refractivity contribution < 1.29 is 18.7 Å². The third kappa shape index (κ3) is 5.00. The molecule has 1 aliphatic heterocycles. The number of allylic oxidation sites excluding steroid dienone is 1. The van der Waals surface area contributed by atoms with E-state index in [-0.39, 0.29) is 23.9 Å². The molecule has 0 fully saturated rings. The number of halogens is 2. The van der Waals surface area contributed by atoms with E-state index >= 15 is 0 Å². The first-order valence-electron chi connectivity index (χ1n) is 11.3. The van der Waals surface area contributed by atoms with E-state index in [4.69, 9.17) is 9.47 Å². The highest BCUT2D eigenvalue weighted by Gasteiger charge is 2.32. The highest BCUT2D eigenvalue weighted by atomic mass is 127. The lowest BCUT2D eigenvalue weighted by atomic mass is 9.85. The molecule has 1 amide bonds. The summed E-state index contributed by atoms with van der Waals surface area (Å²) in [6, 6.07) is 16.0. The Morgan fingerprint density at radius 1 is 1.09 bits per heavy atom. The van der Waals surface area contributed by atoms with E-state index in [1.165, 1.54) is 26.2 Å². The van der Waals surface area contributed by atoms with Crippen molar-refractivity contribution in [3.05, 3.63) is 77.6 Å². The summed E-state index contributed by atoms with van der Waals surface area (Å²) in [6.07, 6.45) is 2.24. The van der Waals surface area contributed by atoms with Crippen LogP contribution < -0.4 is 17.9 Å². The molecule has 0 aliphatic carbocycles. The van der Waals surface area contributed by atoms with Gasteiger partial charge in [-0.15, -0.1) is 0 Å². The monoisotopic (exact) mass is 586 g/mol. The van der Waals surface area contributed by atoms with Crippen molar-refractivity contribution in [2.75, 3.05) is 15.5 Å². The maximum atomic E-state index is 14.0. The molecule has 1 N–H and O–H groups in total. The summed E-state index contributed by atoms with van der Waals surface area (Å²) in [5.74, 6) is 0.494. The fourth-order valence-corrected chi connectivity index (χ4v) is 5.07. The van der Waals surface area contributed by atoms with Gasteiger partial charge in [-0.25, -0.2) is 4.39 Å². The van der Waals surface area contributed by atoms with Crippen LogP contribution in [0.25, 0.3) is 16.7 Å². The number of anilines is 2. The Labute approximate surface area is 219 Å². The van der Waals surface area contributed by atoms with Crippen LogP contribution in [0.3, 0.4) is 0 Å². The lowest BCUT2D eigenvalue weighted by molar-refractivity contribution is -0.114. The Morgan fingerprint density at radius 3 is 2.51 bits per heavy atom. The average Bonchev–Trinajstić information content (AvgIpc) is 2.81. The van der Waals surface area contributed by atoms with Gasteiger partial charge in [-0.05, 0) is 62.2 Å². The number of nitrogens with one attached hydrogen (secondary N) is 1. The molecule has 0 saturated carbocycles. The molecule has 0 spiro atoms. The second-order valence-electron chi connectivity index (χ2n) is 9.06. The second-order valence-corrected chi connectivity index (χ2v) is 10.0. The summed E-state index contributed by atoms with van der Waals surface area (Å²) in [6.45, 7) is 8.15. The molecule has 1 aliphatic rings. The van der Waals surface area contributed by atoms with Gasteiger partial charge in [0.2, 0.25) is 5.91 Å². The standard InChI is InChI=1S/C28H28FIN2O3/c1-17-15-28(3,4)32(30)24-13-12-20(21-11-10-19(29)14-26(21)34-5)22(27(17)24)16-35-25-9-7-6-8-23(25)31-18(2)33/h6-15H,16H2,1-5H3,(H,31,33). The van der Waals surface area contributed by atoms with Crippen LogP contribution >= 0.6 is 22.9 Å². The smallest absolute Gasteiger partial charge is 0.221 e. The Balaban J connectivity index is 1.88. The highest BCUT2D eigenvalue weighted by molar-refractivity contribution is 14.1. The van der Waals surface area contributed by atoms with Gasteiger partial charge in [-0.1, -0.05) is 24.3 Å². The van der Waals surface area contributed by atoms with Crippen LogP contribution in [0.1, 0.15) is 38.8 Å². The molecule has 0 unspecified atom stereocenters. The fraction of sp³-hybridized carbons (Fsp3) is 0.250. The third-order valence-electron chi connectivity index (χ3n) is 6.00. The van der Waals surface area contributed by atoms with Crippen LogP contribution in [0.2, 0.25) is 0 Å². The summed E-state index contributed by atoms with van der Waals surface area (Å²) >= 11 is 2.35. The van der Waals surface area contributed by atoms with Crippen molar-refractivity contribution in [3.8, 4) is 22.6 Å². The van der Waals surface area contributed by atoms with Gasteiger partial charge in [0, 0.05) is 29.7 Å². The van der Waals surface area contributed by atoms with Gasteiger partial charge in [-0.3, -0.25) is 4.79 Å². The first kappa shape index (κ1) is 25.0. The minimum atomic E-state index is -0.359. The van der Waals surface area contributed by atoms with Gasteiger partial charge in [-0.2, -0.15) is 0 Å². The summed E-state index contributed by atoms with van der Waals surface area (Å²) in [5.41, 5.74) is 6.36. The van der Waals surface area contributed by atoms with Crippen molar-refractivity contribution in [1.29, 1.82) is 0 Å². The van der Waals surface area contributed by atoms with Crippen molar-refractivity contribution in [1.82, 2.24) is 0 Å². The lowest BCUT2D eigenvalue weighted by Gasteiger charge is -2.39. The van der Waals surface area contributed by atoms with Gasteiger partial charge >= 0.3 is 0 Å². The molecule has 35 heavy (non-hydrogen) atoms. The van der Waals surface area contributed by atoms with Crippen LogP contribution in [0.15, 0.2) is 60.7 Å². The zero-order valence-corrected chi connectivity index (χ0v) is 22.6. The van der Waals surface area contributed by atoms with Crippen LogP contribution in [0, 0.1) is 5.82 Å². The highest BCUT2D eigenvalue weighted by Crippen LogP contribution is 2.47. The molecule has 3 aromatic rings. The average molecular weight is 586 g/mol. The van der Waals surface area contributed by atoms with E-state index in [0.717, 1.165) is 33.5 Å². The maximum Gasteiger partial charge on any atom is 0.221 e. The van der Waals surface area contributed by atoms with Gasteiger partial charge < -0.3 is 17.9 Å². The van der Waals surface area contributed by atoms with E-state index in [1.54, 1.807) is 12.1 Å². The van der Waals surface area contributed by atoms with Crippen LogP contribution in [-0.4, -0.2) is 18.6 Å². The number of para-hydroxylation sites is 2. The van der Waals surface area contributed by atoms with Crippen LogP contribution in [-0.2, 0) is 11.4 Å². The molecule has 0 bridgehead atoms. The van der Waals surface area contributed by atoms with Gasteiger partial charge in [0.25, 0.3) is 0 Å². The number of benzene rings is 3. The van der Waals surface area contributed by atoms with Crippen molar-refractivity contribution in [2.24, 2.45) is 0 Å². The van der Waals surface area contributed by atoms with Gasteiger partial charge in [0.1, 0.15) is 23.9 Å². The predicted molar refractivity (Wildman–Crippen MR) is 148 cm³/mol. The third-order valence-corrected chi connectivity index (χ3v) is 7.76. The minimum absolute atomic E-state index is 0.164. The zero-order chi connectivity index (χ0) is 25.3. The Bertz CT molecular complexity index is 1320. The maximum absolute atomic E-state index is 14.0. The first-order chi connectivity index (χ1) is 16.6. The summed E-state index contributed by atoms with van der Waals surface area (Å²) < 4.78 is 28.0. The number of hydrogen-bond donors (Lipinski definition) is 1. The van der Waals surface area contributed by atoms with Crippen LogP contribution in [0.4, 0.5) is 15.8 Å². The number of amides is 1. The summed E-state index contributed by atoms with van der Waals surface area (Å²) in [5, 5.41) is 2.82. The largest absolute Gasteiger partial charge is 0.496 e. The molecule has 1 heterocycles. The molecule has 0 saturated heterocycles. The summed E-state index contributed by atoms with van der Waals surface area (Å²) in [4.78, 5) is 11.7. The number of carbonyl (C=O) groups excluding carboxylic acids is 1. The Hall–Kier alpha value is -3.07. The predicted octanol–water partition coefficient (Wildman–Crippen LogP) is 7.39. The Kier molecular flexibility index (Phi) is 7.07. The molecular weight excluding hydrogens is 558 g/mol. The first-order valence-corrected chi connectivity index (χ1v) is 12.2. The normalized spacial score (nSPS) is 14.1. The van der Waals surface area contributed by atoms with E-state index in [9.17, 15) is 9.18 Å². The van der Waals surface area contributed by atoms with Crippen molar-refractivity contribution in [2.45, 2.75) is 39.8 Å². The van der Waals surface area contributed by atoms with E-state index in [0.29, 0.717) is 17.2 Å². The zero-order valence-electron chi connectivity index (χ0n) is 20.4. The molecule has 3 aromatic carbocycles. The number of fused-ring (bicyclic) bond motifs is 1. The molecule has 0 aromatic heterocycles. The number of carbonyl (C=O) groups is 1. The molecule has 182 valence electrons. The Morgan fingerprint density at radius 2 is 1.80 bits per heavy atom. The number of rotatable bonds is 6. The number of hydrogen-bond acceptors (Lipinski definition) is 4.